The summed E-state index contributed by atoms with van der Waals surface area (Å²) in [5.74, 6) is 0. The van der Waals surface area contributed by atoms with Gasteiger partial charge in [0.05, 0.1) is 19.2 Å². The molecular weight excluding hydrogens is 268 g/mol. The molecule has 0 aromatic rings. The Labute approximate surface area is 113 Å². The van der Waals surface area contributed by atoms with Crippen molar-refractivity contribution in [2.45, 2.75) is 25.6 Å². The number of aliphatic hydroxyl groups is 1. The van der Waals surface area contributed by atoms with E-state index < -0.39 is 10.0 Å². The maximum absolute atomic E-state index is 11.8. The van der Waals surface area contributed by atoms with Gasteiger partial charge in [-0.1, -0.05) is 0 Å². The van der Waals surface area contributed by atoms with E-state index in [1.54, 1.807) is 6.34 Å². The van der Waals surface area contributed by atoms with Gasteiger partial charge in [0.15, 0.2) is 0 Å². The molecule has 0 spiro atoms. The van der Waals surface area contributed by atoms with Crippen LogP contribution in [0.5, 0.6) is 0 Å². The molecule has 0 aromatic carbocycles. The van der Waals surface area contributed by atoms with Gasteiger partial charge in [0.1, 0.15) is 6.17 Å². The van der Waals surface area contributed by atoms with Crippen molar-refractivity contribution in [1.82, 2.24) is 9.21 Å². The summed E-state index contributed by atoms with van der Waals surface area (Å²) in [6.45, 7) is 2.40. The van der Waals surface area contributed by atoms with Crippen molar-refractivity contribution in [3.8, 4) is 0 Å². The van der Waals surface area contributed by atoms with Crippen molar-refractivity contribution < 1.29 is 13.5 Å². The average molecular weight is 288 g/mol. The van der Waals surface area contributed by atoms with Crippen molar-refractivity contribution in [3.63, 3.8) is 0 Å². The lowest BCUT2D eigenvalue weighted by Crippen LogP contribution is -2.42. The molecule has 0 saturated carbocycles. The van der Waals surface area contributed by atoms with E-state index in [1.165, 1.54) is 10.6 Å². The summed E-state index contributed by atoms with van der Waals surface area (Å²) in [4.78, 5) is 6.10. The number of hydrogen-bond donors (Lipinski definition) is 2. The van der Waals surface area contributed by atoms with Gasteiger partial charge in [-0.3, -0.25) is 4.99 Å². The number of sulfonamides is 1. The Kier molecular flexibility index (Phi) is 3.95. The summed E-state index contributed by atoms with van der Waals surface area (Å²) < 4.78 is 24.9. The van der Waals surface area contributed by atoms with Gasteiger partial charge < -0.3 is 15.7 Å². The second-order valence-electron chi connectivity index (χ2n) is 4.95. The molecule has 108 valence electrons. The lowest BCUT2D eigenvalue weighted by Gasteiger charge is -2.25. The molecule has 1 saturated heterocycles. The quantitative estimate of drug-likeness (QED) is 0.685. The number of aliphatic hydroxyl groups excluding tert-OH is 1. The molecule has 19 heavy (non-hydrogen) atoms. The molecule has 0 bridgehead atoms. The average Bonchev–Trinajstić information content (AvgIpc) is 2.73. The van der Waals surface area contributed by atoms with E-state index >= 15 is 0 Å². The van der Waals surface area contributed by atoms with Crippen molar-refractivity contribution in [3.05, 3.63) is 11.3 Å². The number of nitrogens with zero attached hydrogens (tertiary/aromatic N) is 3. The van der Waals surface area contributed by atoms with Crippen LogP contribution in [0, 0.1) is 0 Å². The van der Waals surface area contributed by atoms with E-state index in [9.17, 15) is 8.42 Å². The van der Waals surface area contributed by atoms with Gasteiger partial charge in [-0.25, -0.2) is 8.42 Å². The molecule has 0 amide bonds. The van der Waals surface area contributed by atoms with Gasteiger partial charge in [-0.15, -0.1) is 0 Å². The Morgan fingerprint density at radius 1 is 1.63 bits per heavy atom. The molecule has 0 radical (unpaired) electrons. The Balaban J connectivity index is 2.24. The molecule has 1 fully saturated rings. The predicted octanol–water partition coefficient (Wildman–Crippen LogP) is -1.08. The highest BCUT2D eigenvalue weighted by atomic mass is 32.2. The first-order valence-corrected chi connectivity index (χ1v) is 8.02. The topological polar surface area (TPSA) is 99.2 Å². The third kappa shape index (κ3) is 2.81. The Morgan fingerprint density at radius 3 is 2.89 bits per heavy atom. The molecule has 7 nitrogen and oxygen atoms in total. The minimum Gasteiger partial charge on any atom is -0.395 e. The summed E-state index contributed by atoms with van der Waals surface area (Å²) in [6.07, 6.45) is 3.11. The normalized spacial score (nSPS) is 27.3. The van der Waals surface area contributed by atoms with E-state index in [0.29, 0.717) is 13.0 Å². The van der Waals surface area contributed by atoms with E-state index in [4.69, 9.17) is 10.8 Å². The van der Waals surface area contributed by atoms with E-state index in [-0.39, 0.29) is 25.4 Å². The molecule has 2 rings (SSSR count). The SMILES string of the molecule is CC1=C2CC(N(CCO)S(C)(=O)=O)CN2C=NC1N. The molecule has 0 aliphatic carbocycles. The minimum atomic E-state index is -3.34. The summed E-state index contributed by atoms with van der Waals surface area (Å²) in [6, 6.07) is -0.177. The zero-order valence-electron chi connectivity index (χ0n) is 11.2. The smallest absolute Gasteiger partial charge is 0.211 e. The molecule has 0 aromatic heterocycles. The highest BCUT2D eigenvalue weighted by Gasteiger charge is 2.37. The standard InChI is InChI=1S/C11H20N4O3S/c1-8-10-5-9(6-14(10)7-13-11(8)12)15(3-4-16)19(2,17)18/h7,9,11,16H,3-6,12H2,1-2H3. The van der Waals surface area contributed by atoms with Crippen LogP contribution < -0.4 is 5.73 Å². The van der Waals surface area contributed by atoms with Crippen molar-refractivity contribution in [1.29, 1.82) is 0 Å². The third-order valence-electron chi connectivity index (χ3n) is 3.60. The van der Waals surface area contributed by atoms with Gasteiger partial charge in [0.25, 0.3) is 0 Å². The van der Waals surface area contributed by atoms with Gasteiger partial charge in [-0.2, -0.15) is 4.31 Å². The highest BCUT2D eigenvalue weighted by molar-refractivity contribution is 7.88. The summed E-state index contributed by atoms with van der Waals surface area (Å²) >= 11 is 0. The number of hydrogen-bond acceptors (Lipinski definition) is 6. The molecule has 3 N–H and O–H groups in total. The number of aliphatic imine (C=N–C) groups is 1. The first-order valence-electron chi connectivity index (χ1n) is 6.17. The van der Waals surface area contributed by atoms with Crippen LogP contribution in [0.25, 0.3) is 0 Å². The second kappa shape index (κ2) is 5.20. The zero-order chi connectivity index (χ0) is 14.2. The van der Waals surface area contributed by atoms with Crippen LogP contribution in [-0.4, -0.2) is 67.2 Å². The Bertz CT molecular complexity index is 514. The van der Waals surface area contributed by atoms with E-state index in [0.717, 1.165) is 11.3 Å². The molecule has 2 aliphatic heterocycles. The van der Waals surface area contributed by atoms with Crippen LogP contribution in [0.3, 0.4) is 0 Å². The summed E-state index contributed by atoms with van der Waals surface area (Å²) in [5.41, 5.74) is 7.86. The molecule has 8 heteroatoms. The molecule has 2 atom stereocenters. The monoisotopic (exact) mass is 288 g/mol. The lowest BCUT2D eigenvalue weighted by molar-refractivity contribution is 0.229. The molecule has 2 aliphatic rings. The minimum absolute atomic E-state index is 0.118. The largest absolute Gasteiger partial charge is 0.395 e. The van der Waals surface area contributed by atoms with Crippen LogP contribution in [0.4, 0.5) is 0 Å². The Morgan fingerprint density at radius 2 is 2.32 bits per heavy atom. The Hall–Kier alpha value is -0.960. The number of rotatable bonds is 4. The van der Waals surface area contributed by atoms with Gasteiger partial charge in [-0.05, 0) is 12.5 Å². The van der Waals surface area contributed by atoms with Crippen LogP contribution in [0.15, 0.2) is 16.3 Å². The number of nitrogens with two attached hydrogens (primary N) is 1. The first kappa shape index (κ1) is 14.4. The fraction of sp³-hybridized carbons (Fsp3) is 0.727. The predicted molar refractivity (Wildman–Crippen MR) is 72.9 cm³/mol. The van der Waals surface area contributed by atoms with Crippen LogP contribution in [0.1, 0.15) is 13.3 Å². The second-order valence-corrected chi connectivity index (χ2v) is 6.88. The van der Waals surface area contributed by atoms with Crippen LogP contribution in [-0.2, 0) is 10.0 Å². The van der Waals surface area contributed by atoms with Crippen molar-refractivity contribution in [2.24, 2.45) is 10.7 Å². The highest BCUT2D eigenvalue weighted by Crippen LogP contribution is 2.30. The van der Waals surface area contributed by atoms with Crippen LogP contribution in [0.2, 0.25) is 0 Å². The van der Waals surface area contributed by atoms with Crippen molar-refractivity contribution in [2.75, 3.05) is 26.0 Å². The van der Waals surface area contributed by atoms with E-state index in [1.807, 2.05) is 11.8 Å². The van der Waals surface area contributed by atoms with Crippen molar-refractivity contribution >= 4 is 16.4 Å². The fourth-order valence-corrected chi connectivity index (χ4v) is 3.69. The summed E-state index contributed by atoms with van der Waals surface area (Å²) in [7, 11) is -3.34. The third-order valence-corrected chi connectivity index (χ3v) is 4.93. The fourth-order valence-electron chi connectivity index (χ4n) is 2.59. The zero-order valence-corrected chi connectivity index (χ0v) is 12.0. The van der Waals surface area contributed by atoms with Gasteiger partial charge in [0, 0.05) is 31.2 Å². The maximum Gasteiger partial charge on any atom is 0.211 e. The maximum atomic E-state index is 11.8. The molecule has 2 heterocycles. The first-order chi connectivity index (χ1) is 8.84. The molecular formula is C11H20N4O3S. The number of fused-ring (bicyclic) bond motifs is 1. The van der Waals surface area contributed by atoms with Gasteiger partial charge >= 0.3 is 0 Å². The summed E-state index contributed by atoms with van der Waals surface area (Å²) in [5, 5.41) is 9.03. The van der Waals surface area contributed by atoms with Gasteiger partial charge in [0.2, 0.25) is 10.0 Å². The lowest BCUT2D eigenvalue weighted by atomic mass is 10.1. The van der Waals surface area contributed by atoms with E-state index in [2.05, 4.69) is 4.99 Å². The molecule has 2 unspecified atom stereocenters. The van der Waals surface area contributed by atoms with Crippen LogP contribution >= 0.6 is 0 Å².